The lowest BCUT2D eigenvalue weighted by Crippen LogP contribution is -2.27. The van der Waals surface area contributed by atoms with Crippen LogP contribution in [0.5, 0.6) is 0 Å². The molecule has 0 aliphatic rings. The second kappa shape index (κ2) is 11.0. The van der Waals surface area contributed by atoms with Gasteiger partial charge >= 0.3 is 0 Å². The predicted octanol–water partition coefficient (Wildman–Crippen LogP) is 4.63. The number of benzene rings is 3. The Labute approximate surface area is 202 Å². The van der Waals surface area contributed by atoms with Gasteiger partial charge in [-0.25, -0.2) is 4.98 Å². The van der Waals surface area contributed by atoms with Gasteiger partial charge in [0.15, 0.2) is 0 Å². The van der Waals surface area contributed by atoms with E-state index in [4.69, 9.17) is 21.3 Å². The third kappa shape index (κ3) is 5.44. The minimum atomic E-state index is -0.292. The molecular weight excluding hydrogens is 452 g/mol. The number of hydrogen-bond acceptors (Lipinski definition) is 4. The first-order valence-electron chi connectivity index (χ1n) is 10.9. The van der Waals surface area contributed by atoms with Gasteiger partial charge in [0.25, 0.3) is 5.91 Å². The molecular formula is C26H25ClN4O3. The highest BCUT2D eigenvalue weighted by molar-refractivity contribution is 6.34. The standard InChI is InChI=1S/C26H25ClN4O3/c1-34-16-15-28-26(33)20-12-11-18(17-21(20)27)29-25(32)14-13-24-30-22-9-5-6-10-23(22)31(24)19-7-3-2-4-8-19/h2-12,17H,13-16H2,1H3,(H,28,33)(H,29,32). The third-order valence-electron chi connectivity index (χ3n) is 5.31. The van der Waals surface area contributed by atoms with E-state index in [2.05, 4.69) is 15.2 Å². The molecule has 3 aromatic carbocycles. The molecule has 4 rings (SSSR count). The fourth-order valence-corrected chi connectivity index (χ4v) is 3.96. The highest BCUT2D eigenvalue weighted by atomic mass is 35.5. The molecule has 2 amide bonds. The van der Waals surface area contributed by atoms with E-state index in [0.29, 0.717) is 30.8 Å². The van der Waals surface area contributed by atoms with Crippen LogP contribution in [0.3, 0.4) is 0 Å². The third-order valence-corrected chi connectivity index (χ3v) is 5.62. The van der Waals surface area contributed by atoms with Crippen LogP contribution in [0.25, 0.3) is 16.7 Å². The molecule has 2 N–H and O–H groups in total. The number of fused-ring (bicyclic) bond motifs is 1. The smallest absolute Gasteiger partial charge is 0.252 e. The summed E-state index contributed by atoms with van der Waals surface area (Å²) in [7, 11) is 1.56. The van der Waals surface area contributed by atoms with Crippen molar-refractivity contribution >= 4 is 40.1 Å². The van der Waals surface area contributed by atoms with Crippen LogP contribution in [0.4, 0.5) is 5.69 Å². The number of aromatic nitrogens is 2. The van der Waals surface area contributed by atoms with Gasteiger partial charge in [0.05, 0.1) is 28.2 Å². The van der Waals surface area contributed by atoms with Crippen LogP contribution in [0.15, 0.2) is 72.8 Å². The first-order chi connectivity index (χ1) is 16.6. The normalized spacial score (nSPS) is 10.9. The largest absolute Gasteiger partial charge is 0.383 e. The lowest BCUT2D eigenvalue weighted by atomic mass is 10.2. The number of rotatable bonds is 9. The summed E-state index contributed by atoms with van der Waals surface area (Å²) in [5.41, 5.74) is 3.74. The van der Waals surface area contributed by atoms with E-state index in [1.807, 2.05) is 54.6 Å². The van der Waals surface area contributed by atoms with E-state index < -0.39 is 0 Å². The topological polar surface area (TPSA) is 85.2 Å². The summed E-state index contributed by atoms with van der Waals surface area (Å²) >= 11 is 6.27. The molecule has 0 bridgehead atoms. The molecule has 34 heavy (non-hydrogen) atoms. The number of amides is 2. The summed E-state index contributed by atoms with van der Waals surface area (Å²) in [6.07, 6.45) is 0.705. The zero-order valence-electron chi connectivity index (χ0n) is 18.8. The number of nitrogens with zero attached hydrogens (tertiary/aromatic N) is 2. The van der Waals surface area contributed by atoms with E-state index in [0.717, 1.165) is 22.5 Å². The van der Waals surface area contributed by atoms with E-state index >= 15 is 0 Å². The van der Waals surface area contributed by atoms with Crippen molar-refractivity contribution in [1.82, 2.24) is 14.9 Å². The van der Waals surface area contributed by atoms with Crippen molar-refractivity contribution in [3.05, 3.63) is 89.2 Å². The van der Waals surface area contributed by atoms with E-state index in [9.17, 15) is 9.59 Å². The number of hydrogen-bond donors (Lipinski definition) is 2. The van der Waals surface area contributed by atoms with Gasteiger partial charge in [0.2, 0.25) is 5.91 Å². The summed E-state index contributed by atoms with van der Waals surface area (Å²) in [5.74, 6) is 0.350. The van der Waals surface area contributed by atoms with Crippen LogP contribution in [-0.2, 0) is 16.0 Å². The molecule has 0 radical (unpaired) electrons. The number of nitrogens with one attached hydrogen (secondary N) is 2. The molecule has 0 atom stereocenters. The quantitative estimate of drug-likeness (QED) is 0.345. The van der Waals surface area contributed by atoms with Gasteiger partial charge in [-0.15, -0.1) is 0 Å². The minimum absolute atomic E-state index is 0.167. The van der Waals surface area contributed by atoms with E-state index in [1.165, 1.54) is 0 Å². The van der Waals surface area contributed by atoms with Gasteiger partial charge in [0, 0.05) is 37.9 Å². The molecule has 8 heteroatoms. The molecule has 0 saturated carbocycles. The second-order valence-corrected chi connectivity index (χ2v) is 8.09. The summed E-state index contributed by atoms with van der Waals surface area (Å²) in [6.45, 7) is 0.799. The first-order valence-corrected chi connectivity index (χ1v) is 11.3. The molecule has 174 valence electrons. The molecule has 0 aliphatic heterocycles. The monoisotopic (exact) mass is 476 g/mol. The molecule has 0 aliphatic carbocycles. The molecule has 7 nitrogen and oxygen atoms in total. The Hall–Kier alpha value is -3.68. The lowest BCUT2D eigenvalue weighted by Gasteiger charge is -2.11. The van der Waals surface area contributed by atoms with Crippen LogP contribution in [0.1, 0.15) is 22.6 Å². The molecule has 0 unspecified atom stereocenters. The van der Waals surface area contributed by atoms with Crippen LogP contribution in [-0.4, -0.2) is 41.6 Å². The number of carbonyl (C=O) groups is 2. The van der Waals surface area contributed by atoms with Crippen molar-refractivity contribution in [2.45, 2.75) is 12.8 Å². The van der Waals surface area contributed by atoms with E-state index in [-0.39, 0.29) is 23.3 Å². The Kier molecular flexibility index (Phi) is 7.57. The summed E-state index contributed by atoms with van der Waals surface area (Å²) in [6, 6.07) is 22.7. The summed E-state index contributed by atoms with van der Waals surface area (Å²) in [4.78, 5) is 29.6. The highest BCUT2D eigenvalue weighted by Gasteiger charge is 2.15. The number of aryl methyl sites for hydroxylation is 1. The number of imidazole rings is 1. The van der Waals surface area contributed by atoms with Crippen LogP contribution >= 0.6 is 11.6 Å². The number of para-hydroxylation sites is 3. The first kappa shape index (κ1) is 23.5. The highest BCUT2D eigenvalue weighted by Crippen LogP contribution is 2.23. The van der Waals surface area contributed by atoms with Gasteiger partial charge < -0.3 is 15.4 Å². The van der Waals surface area contributed by atoms with Crippen LogP contribution < -0.4 is 10.6 Å². The zero-order valence-corrected chi connectivity index (χ0v) is 19.5. The second-order valence-electron chi connectivity index (χ2n) is 7.68. The maximum atomic E-state index is 12.7. The Morgan fingerprint density at radius 2 is 1.79 bits per heavy atom. The minimum Gasteiger partial charge on any atom is -0.383 e. The predicted molar refractivity (Wildman–Crippen MR) is 134 cm³/mol. The number of carbonyl (C=O) groups excluding carboxylic acids is 2. The lowest BCUT2D eigenvalue weighted by molar-refractivity contribution is -0.116. The average molecular weight is 477 g/mol. The van der Waals surface area contributed by atoms with Gasteiger partial charge in [-0.05, 0) is 42.5 Å². The Bertz CT molecular complexity index is 1300. The average Bonchev–Trinajstić information content (AvgIpc) is 3.22. The molecule has 0 spiro atoms. The molecule has 0 fully saturated rings. The Balaban J connectivity index is 1.44. The van der Waals surface area contributed by atoms with Crippen molar-refractivity contribution in [2.24, 2.45) is 0 Å². The number of ether oxygens (including phenoxy) is 1. The molecule has 1 heterocycles. The maximum Gasteiger partial charge on any atom is 0.252 e. The molecule has 1 aromatic heterocycles. The fraction of sp³-hybridized carbons (Fsp3) is 0.192. The van der Waals surface area contributed by atoms with Crippen LogP contribution in [0.2, 0.25) is 5.02 Å². The van der Waals surface area contributed by atoms with Crippen molar-refractivity contribution in [2.75, 3.05) is 25.6 Å². The van der Waals surface area contributed by atoms with Gasteiger partial charge in [-0.2, -0.15) is 0 Å². The van der Waals surface area contributed by atoms with Crippen molar-refractivity contribution < 1.29 is 14.3 Å². The summed E-state index contributed by atoms with van der Waals surface area (Å²) < 4.78 is 7.00. The van der Waals surface area contributed by atoms with Crippen LogP contribution in [0, 0.1) is 0 Å². The van der Waals surface area contributed by atoms with Crippen molar-refractivity contribution in [3.8, 4) is 5.69 Å². The number of anilines is 1. The fourth-order valence-electron chi connectivity index (χ4n) is 3.70. The Morgan fingerprint density at radius 1 is 1.03 bits per heavy atom. The Morgan fingerprint density at radius 3 is 2.56 bits per heavy atom. The SMILES string of the molecule is COCCNC(=O)c1ccc(NC(=O)CCc2nc3ccccc3n2-c2ccccc2)cc1Cl. The number of methoxy groups -OCH3 is 1. The van der Waals surface area contributed by atoms with E-state index in [1.54, 1.807) is 25.3 Å². The maximum absolute atomic E-state index is 12.7. The van der Waals surface area contributed by atoms with Crippen molar-refractivity contribution in [1.29, 1.82) is 0 Å². The van der Waals surface area contributed by atoms with Gasteiger partial charge in [-0.3, -0.25) is 14.2 Å². The zero-order chi connectivity index (χ0) is 23.9. The number of halogens is 1. The van der Waals surface area contributed by atoms with Crippen molar-refractivity contribution in [3.63, 3.8) is 0 Å². The summed E-state index contributed by atoms with van der Waals surface area (Å²) in [5, 5.41) is 5.84. The molecule has 0 saturated heterocycles. The molecule has 4 aromatic rings. The van der Waals surface area contributed by atoms with Gasteiger partial charge in [0.1, 0.15) is 5.82 Å². The van der Waals surface area contributed by atoms with Gasteiger partial charge in [-0.1, -0.05) is 41.9 Å².